The van der Waals surface area contributed by atoms with Crippen LogP contribution in [0.3, 0.4) is 0 Å². The summed E-state index contributed by atoms with van der Waals surface area (Å²) >= 11 is 0. The molecule has 78 valence electrons. The van der Waals surface area contributed by atoms with Crippen molar-refractivity contribution in [2.75, 3.05) is 39.5 Å². The third-order valence-corrected chi connectivity index (χ3v) is 2.24. The molecule has 13 heavy (non-hydrogen) atoms. The zero-order valence-electron chi connectivity index (χ0n) is 8.55. The summed E-state index contributed by atoms with van der Waals surface area (Å²) in [6, 6.07) is 0. The van der Waals surface area contributed by atoms with Crippen molar-refractivity contribution in [2.45, 2.75) is 19.8 Å². The molecule has 1 N–H and O–H groups in total. The van der Waals surface area contributed by atoms with Crippen molar-refractivity contribution in [3.63, 3.8) is 0 Å². The molecule has 0 unspecified atom stereocenters. The van der Waals surface area contributed by atoms with Gasteiger partial charge in [0.1, 0.15) is 0 Å². The van der Waals surface area contributed by atoms with Crippen LogP contribution in [-0.4, -0.2) is 39.5 Å². The van der Waals surface area contributed by atoms with Gasteiger partial charge in [-0.3, -0.25) is 0 Å². The van der Waals surface area contributed by atoms with E-state index in [1.165, 1.54) is 6.42 Å². The van der Waals surface area contributed by atoms with E-state index in [2.05, 4.69) is 12.2 Å². The minimum atomic E-state index is 0.728. The van der Waals surface area contributed by atoms with Crippen molar-refractivity contribution in [2.24, 2.45) is 5.92 Å². The molecule has 1 rings (SSSR count). The Balaban J connectivity index is 1.78. The summed E-state index contributed by atoms with van der Waals surface area (Å²) in [7, 11) is 0. The smallest absolute Gasteiger partial charge is 0.0700 e. The fourth-order valence-electron chi connectivity index (χ4n) is 1.47. The Morgan fingerprint density at radius 2 is 2.08 bits per heavy atom. The van der Waals surface area contributed by atoms with Crippen LogP contribution >= 0.6 is 0 Å². The molecule has 0 bridgehead atoms. The van der Waals surface area contributed by atoms with Gasteiger partial charge in [-0.15, -0.1) is 0 Å². The monoisotopic (exact) mass is 187 g/mol. The molecule has 1 atom stereocenters. The third kappa shape index (κ3) is 5.24. The van der Waals surface area contributed by atoms with Crippen LogP contribution in [-0.2, 0) is 9.47 Å². The molecule has 0 spiro atoms. The maximum absolute atomic E-state index is 5.50. The fourth-order valence-corrected chi connectivity index (χ4v) is 1.47. The zero-order valence-corrected chi connectivity index (χ0v) is 8.55. The lowest BCUT2D eigenvalue weighted by Gasteiger charge is -2.09. The second-order valence-electron chi connectivity index (χ2n) is 3.55. The van der Waals surface area contributed by atoms with Crippen LogP contribution in [0.15, 0.2) is 0 Å². The predicted octanol–water partition coefficient (Wildman–Crippen LogP) is 1.04. The van der Waals surface area contributed by atoms with Crippen LogP contribution in [0.1, 0.15) is 19.8 Å². The largest absolute Gasteiger partial charge is 0.379 e. The highest BCUT2D eigenvalue weighted by molar-refractivity contribution is 4.69. The van der Waals surface area contributed by atoms with E-state index in [-0.39, 0.29) is 0 Å². The summed E-state index contributed by atoms with van der Waals surface area (Å²) in [5, 5.41) is 3.32. The van der Waals surface area contributed by atoms with Gasteiger partial charge in [0.25, 0.3) is 0 Å². The molecular weight excluding hydrogens is 166 g/mol. The Morgan fingerprint density at radius 3 is 2.77 bits per heavy atom. The Hall–Kier alpha value is -0.120. The van der Waals surface area contributed by atoms with Gasteiger partial charge in [-0.05, 0) is 25.3 Å². The Kier molecular flexibility index (Phi) is 6.15. The zero-order chi connectivity index (χ0) is 9.36. The SMILES string of the molecule is CCCOCCOC[C@@H]1CCNC1. The van der Waals surface area contributed by atoms with Crippen molar-refractivity contribution < 1.29 is 9.47 Å². The minimum absolute atomic E-state index is 0.728. The molecule has 0 aliphatic carbocycles. The molecule has 0 aromatic carbocycles. The first-order valence-electron chi connectivity index (χ1n) is 5.29. The number of hydrogen-bond acceptors (Lipinski definition) is 3. The van der Waals surface area contributed by atoms with Gasteiger partial charge in [0.05, 0.1) is 19.8 Å². The van der Waals surface area contributed by atoms with Crippen molar-refractivity contribution in [1.82, 2.24) is 5.32 Å². The van der Waals surface area contributed by atoms with E-state index in [0.717, 1.165) is 51.9 Å². The standard InChI is InChI=1S/C10H21NO2/c1-2-5-12-6-7-13-9-10-3-4-11-8-10/h10-11H,2-9H2,1H3/t10-/m1/s1. The summed E-state index contributed by atoms with van der Waals surface area (Å²) in [5.41, 5.74) is 0. The van der Waals surface area contributed by atoms with Crippen molar-refractivity contribution >= 4 is 0 Å². The van der Waals surface area contributed by atoms with Crippen LogP contribution in [0.2, 0.25) is 0 Å². The molecule has 0 saturated carbocycles. The first-order chi connectivity index (χ1) is 6.43. The quantitative estimate of drug-likeness (QED) is 0.604. The Morgan fingerprint density at radius 1 is 1.23 bits per heavy atom. The minimum Gasteiger partial charge on any atom is -0.379 e. The van der Waals surface area contributed by atoms with Crippen LogP contribution in [0.5, 0.6) is 0 Å². The first kappa shape index (κ1) is 11.0. The second kappa shape index (κ2) is 7.30. The van der Waals surface area contributed by atoms with Gasteiger partial charge in [0.2, 0.25) is 0 Å². The fraction of sp³-hybridized carbons (Fsp3) is 1.00. The summed E-state index contributed by atoms with van der Waals surface area (Å²) < 4.78 is 10.8. The lowest BCUT2D eigenvalue weighted by molar-refractivity contribution is 0.0360. The molecule has 1 heterocycles. The third-order valence-electron chi connectivity index (χ3n) is 2.24. The van der Waals surface area contributed by atoms with Crippen LogP contribution in [0.25, 0.3) is 0 Å². The number of ether oxygens (including phenoxy) is 2. The highest BCUT2D eigenvalue weighted by Crippen LogP contribution is 2.06. The number of rotatable bonds is 7. The summed E-state index contributed by atoms with van der Waals surface area (Å²) in [6.07, 6.45) is 2.35. The van der Waals surface area contributed by atoms with E-state index in [0.29, 0.717) is 0 Å². The molecule has 1 fully saturated rings. The molecular formula is C10H21NO2. The molecule has 1 aliphatic heterocycles. The van der Waals surface area contributed by atoms with Gasteiger partial charge in [-0.2, -0.15) is 0 Å². The van der Waals surface area contributed by atoms with E-state index >= 15 is 0 Å². The van der Waals surface area contributed by atoms with E-state index in [1.807, 2.05) is 0 Å². The van der Waals surface area contributed by atoms with Crippen molar-refractivity contribution in [3.8, 4) is 0 Å². The molecule has 0 aromatic rings. The van der Waals surface area contributed by atoms with Gasteiger partial charge in [0.15, 0.2) is 0 Å². The lowest BCUT2D eigenvalue weighted by Crippen LogP contribution is -2.15. The van der Waals surface area contributed by atoms with E-state index in [4.69, 9.17) is 9.47 Å². The number of hydrogen-bond donors (Lipinski definition) is 1. The Labute approximate surface area is 80.8 Å². The normalized spacial score (nSPS) is 22.4. The van der Waals surface area contributed by atoms with Crippen molar-refractivity contribution in [3.05, 3.63) is 0 Å². The topological polar surface area (TPSA) is 30.5 Å². The van der Waals surface area contributed by atoms with Gasteiger partial charge in [0, 0.05) is 13.2 Å². The van der Waals surface area contributed by atoms with Gasteiger partial charge >= 0.3 is 0 Å². The van der Waals surface area contributed by atoms with Gasteiger partial charge in [-0.25, -0.2) is 0 Å². The number of nitrogens with one attached hydrogen (secondary N) is 1. The predicted molar refractivity (Wildman–Crippen MR) is 52.9 cm³/mol. The molecule has 1 saturated heterocycles. The van der Waals surface area contributed by atoms with Crippen LogP contribution < -0.4 is 5.32 Å². The first-order valence-corrected chi connectivity index (χ1v) is 5.29. The average molecular weight is 187 g/mol. The molecule has 0 amide bonds. The van der Waals surface area contributed by atoms with Crippen LogP contribution in [0, 0.1) is 5.92 Å². The summed E-state index contributed by atoms with van der Waals surface area (Å²) in [4.78, 5) is 0. The molecule has 3 nitrogen and oxygen atoms in total. The second-order valence-corrected chi connectivity index (χ2v) is 3.55. The lowest BCUT2D eigenvalue weighted by atomic mass is 10.1. The van der Waals surface area contributed by atoms with E-state index in [1.54, 1.807) is 0 Å². The highest BCUT2D eigenvalue weighted by Gasteiger charge is 2.13. The average Bonchev–Trinajstić information content (AvgIpc) is 2.63. The van der Waals surface area contributed by atoms with Crippen molar-refractivity contribution in [1.29, 1.82) is 0 Å². The molecule has 3 heteroatoms. The van der Waals surface area contributed by atoms with Crippen LogP contribution in [0.4, 0.5) is 0 Å². The van der Waals surface area contributed by atoms with E-state index in [9.17, 15) is 0 Å². The van der Waals surface area contributed by atoms with E-state index < -0.39 is 0 Å². The summed E-state index contributed by atoms with van der Waals surface area (Å²) in [6.45, 7) is 7.63. The summed E-state index contributed by atoms with van der Waals surface area (Å²) in [5.74, 6) is 0.728. The Bertz CT molecular complexity index is 113. The molecule has 1 aliphatic rings. The maximum atomic E-state index is 5.50. The molecule has 0 radical (unpaired) electrons. The van der Waals surface area contributed by atoms with Gasteiger partial charge in [-0.1, -0.05) is 6.92 Å². The van der Waals surface area contributed by atoms with Gasteiger partial charge < -0.3 is 14.8 Å². The highest BCUT2D eigenvalue weighted by atomic mass is 16.5. The maximum Gasteiger partial charge on any atom is 0.0700 e. The molecule has 0 aromatic heterocycles.